The highest BCUT2D eigenvalue weighted by Crippen LogP contribution is 1.89. The van der Waals surface area contributed by atoms with Gasteiger partial charge in [-0.3, -0.25) is 4.79 Å². The fourth-order valence-corrected chi connectivity index (χ4v) is 0.236. The predicted molar refractivity (Wildman–Crippen MR) is 28.0 cm³/mol. The van der Waals surface area contributed by atoms with Crippen molar-refractivity contribution in [2.75, 3.05) is 6.61 Å². The zero-order valence-electron chi connectivity index (χ0n) is 4.68. The van der Waals surface area contributed by atoms with Gasteiger partial charge in [0.1, 0.15) is 12.4 Å². The lowest BCUT2D eigenvalue weighted by Gasteiger charge is -1.97. The lowest BCUT2D eigenvalue weighted by Crippen LogP contribution is -2.00. The highest BCUT2D eigenvalue weighted by atomic mass is 16.5. The molecule has 0 rings (SSSR count). The minimum absolute atomic E-state index is 0.0810. The van der Waals surface area contributed by atoms with Gasteiger partial charge in [-0.1, -0.05) is 6.58 Å². The second-order valence-corrected chi connectivity index (χ2v) is 1.29. The van der Waals surface area contributed by atoms with E-state index in [-0.39, 0.29) is 12.4 Å². The Labute approximate surface area is 47.6 Å². The van der Waals surface area contributed by atoms with Crippen molar-refractivity contribution in [1.29, 1.82) is 0 Å². The van der Waals surface area contributed by atoms with Gasteiger partial charge in [0.15, 0.2) is 0 Å². The quantitative estimate of drug-likeness (QED) is 0.409. The first-order valence-corrected chi connectivity index (χ1v) is 2.14. The molecule has 8 heavy (non-hydrogen) atoms. The summed E-state index contributed by atoms with van der Waals surface area (Å²) in [6, 6.07) is 0. The number of hydrogen-bond acceptors (Lipinski definition) is 3. The molecule has 3 nitrogen and oxygen atoms in total. The summed E-state index contributed by atoms with van der Waals surface area (Å²) in [6.07, 6.45) is 0. The van der Waals surface area contributed by atoms with Gasteiger partial charge in [-0.05, 0) is 0 Å². The Hall–Kier alpha value is -0.830. The average Bonchev–Trinajstić information content (AvgIpc) is 1.65. The van der Waals surface area contributed by atoms with E-state index >= 15 is 0 Å². The highest BCUT2D eigenvalue weighted by molar-refractivity contribution is 5.67. The summed E-state index contributed by atoms with van der Waals surface area (Å²) in [5.41, 5.74) is 0. The summed E-state index contributed by atoms with van der Waals surface area (Å²) in [5.74, 6) is -0.374. The van der Waals surface area contributed by atoms with Crippen LogP contribution in [0.25, 0.3) is 0 Å². The Balaban J connectivity index is 3.40. The Kier molecular flexibility index (Phi) is 2.88. The first-order chi connectivity index (χ1) is 3.66. The van der Waals surface area contributed by atoms with Crippen LogP contribution in [-0.4, -0.2) is 17.7 Å². The minimum Gasteiger partial charge on any atom is -0.429 e. The van der Waals surface area contributed by atoms with Crippen LogP contribution in [0.4, 0.5) is 0 Å². The molecule has 0 aliphatic heterocycles. The molecule has 0 amide bonds. The average molecular weight is 116 g/mol. The largest absolute Gasteiger partial charge is 0.429 e. The number of hydrogen-bond donors (Lipinski definition) is 1. The lowest BCUT2D eigenvalue weighted by atomic mass is 10.6. The van der Waals surface area contributed by atoms with E-state index in [1.807, 2.05) is 0 Å². The van der Waals surface area contributed by atoms with Gasteiger partial charge < -0.3 is 9.84 Å². The van der Waals surface area contributed by atoms with Gasteiger partial charge in [-0.2, -0.15) is 0 Å². The summed E-state index contributed by atoms with van der Waals surface area (Å²) in [6.45, 7) is 4.17. The van der Waals surface area contributed by atoms with Gasteiger partial charge in [0.2, 0.25) is 0 Å². The minimum atomic E-state index is -0.455. The Bertz CT molecular complexity index is 106. The van der Waals surface area contributed by atoms with E-state index in [2.05, 4.69) is 11.3 Å². The molecule has 0 atom stereocenters. The number of aliphatic hydroxyl groups excluding tert-OH is 1. The molecule has 0 saturated carbocycles. The third kappa shape index (κ3) is 3.36. The van der Waals surface area contributed by atoms with Crippen LogP contribution in [0.3, 0.4) is 0 Å². The van der Waals surface area contributed by atoms with Gasteiger partial charge >= 0.3 is 5.97 Å². The Morgan fingerprint density at radius 2 is 2.38 bits per heavy atom. The molecule has 46 valence electrons. The third-order valence-corrected chi connectivity index (χ3v) is 0.464. The summed E-state index contributed by atoms with van der Waals surface area (Å²) < 4.78 is 4.32. The number of carbonyl (C=O) groups is 1. The van der Waals surface area contributed by atoms with Crippen LogP contribution in [-0.2, 0) is 9.53 Å². The topological polar surface area (TPSA) is 46.5 Å². The number of esters is 1. The van der Waals surface area contributed by atoms with Crippen LogP contribution in [0.1, 0.15) is 6.92 Å². The molecule has 3 heteroatoms. The molecular weight excluding hydrogens is 108 g/mol. The first-order valence-electron chi connectivity index (χ1n) is 2.14. The normalized spacial score (nSPS) is 8.25. The van der Waals surface area contributed by atoms with Gasteiger partial charge in [0.05, 0.1) is 0 Å². The monoisotopic (exact) mass is 116 g/mol. The van der Waals surface area contributed by atoms with Crippen molar-refractivity contribution in [1.82, 2.24) is 0 Å². The Morgan fingerprint density at radius 3 is 2.50 bits per heavy atom. The van der Waals surface area contributed by atoms with Crippen molar-refractivity contribution in [3.05, 3.63) is 12.3 Å². The van der Waals surface area contributed by atoms with E-state index in [1.165, 1.54) is 6.92 Å². The molecule has 0 saturated heterocycles. The molecule has 0 aromatic rings. The number of ether oxygens (including phenoxy) is 1. The number of carbonyl (C=O) groups excluding carboxylic acids is 1. The molecule has 0 fully saturated rings. The van der Waals surface area contributed by atoms with E-state index in [1.54, 1.807) is 0 Å². The second-order valence-electron chi connectivity index (χ2n) is 1.29. The molecule has 0 bridgehead atoms. The molecule has 1 N–H and O–H groups in total. The van der Waals surface area contributed by atoms with E-state index in [4.69, 9.17) is 5.11 Å². The Morgan fingerprint density at radius 1 is 1.88 bits per heavy atom. The summed E-state index contributed by atoms with van der Waals surface area (Å²) in [5, 5.41) is 8.21. The highest BCUT2D eigenvalue weighted by Gasteiger charge is 1.93. The van der Waals surface area contributed by atoms with Crippen molar-refractivity contribution < 1.29 is 14.6 Å². The maximum absolute atomic E-state index is 10.0. The van der Waals surface area contributed by atoms with Crippen LogP contribution >= 0.6 is 0 Å². The number of aliphatic hydroxyl groups is 1. The molecule has 0 aliphatic carbocycles. The van der Waals surface area contributed by atoms with Gasteiger partial charge in [0, 0.05) is 6.92 Å². The molecule has 0 aromatic carbocycles. The number of rotatable bonds is 2. The van der Waals surface area contributed by atoms with Gasteiger partial charge in [-0.25, -0.2) is 0 Å². The van der Waals surface area contributed by atoms with Crippen LogP contribution < -0.4 is 0 Å². The summed E-state index contributed by atoms with van der Waals surface area (Å²) in [4.78, 5) is 10.0. The molecule has 0 aromatic heterocycles. The van der Waals surface area contributed by atoms with Crippen molar-refractivity contribution in [2.45, 2.75) is 6.92 Å². The standard InChI is InChI=1S/C5H8O3/c1-4(3-6)8-5(2)7/h6H,1,3H2,2H3. The maximum Gasteiger partial charge on any atom is 0.307 e. The fourth-order valence-electron chi connectivity index (χ4n) is 0.236. The molecule has 0 unspecified atom stereocenters. The maximum atomic E-state index is 10.0. The molecular formula is C5H8O3. The van der Waals surface area contributed by atoms with Crippen LogP contribution in [0.15, 0.2) is 12.3 Å². The van der Waals surface area contributed by atoms with Gasteiger partial charge in [-0.15, -0.1) is 0 Å². The SMILES string of the molecule is C=C(CO)OC(C)=O. The van der Waals surface area contributed by atoms with Crippen LogP contribution in [0.2, 0.25) is 0 Å². The smallest absolute Gasteiger partial charge is 0.307 e. The molecule has 0 spiro atoms. The lowest BCUT2D eigenvalue weighted by molar-refractivity contribution is -0.137. The summed E-state index contributed by atoms with van der Waals surface area (Å²) >= 11 is 0. The predicted octanol–water partition coefficient (Wildman–Crippen LogP) is 0.0555. The van der Waals surface area contributed by atoms with Crippen molar-refractivity contribution in [2.24, 2.45) is 0 Å². The van der Waals surface area contributed by atoms with Crippen molar-refractivity contribution in [3.63, 3.8) is 0 Å². The molecule has 0 aliphatic rings. The molecule has 0 radical (unpaired) electrons. The zero-order chi connectivity index (χ0) is 6.57. The van der Waals surface area contributed by atoms with E-state index in [0.717, 1.165) is 0 Å². The van der Waals surface area contributed by atoms with Crippen LogP contribution in [0.5, 0.6) is 0 Å². The van der Waals surface area contributed by atoms with E-state index < -0.39 is 5.97 Å². The van der Waals surface area contributed by atoms with Crippen molar-refractivity contribution >= 4 is 5.97 Å². The second kappa shape index (κ2) is 3.21. The molecule has 0 heterocycles. The zero-order valence-corrected chi connectivity index (χ0v) is 4.68. The summed E-state index contributed by atoms with van der Waals surface area (Å²) in [7, 11) is 0. The van der Waals surface area contributed by atoms with Crippen molar-refractivity contribution in [3.8, 4) is 0 Å². The van der Waals surface area contributed by atoms with E-state index in [9.17, 15) is 4.79 Å². The van der Waals surface area contributed by atoms with Gasteiger partial charge in [0.25, 0.3) is 0 Å². The van der Waals surface area contributed by atoms with Crippen LogP contribution in [0, 0.1) is 0 Å². The van der Waals surface area contributed by atoms with E-state index in [0.29, 0.717) is 0 Å². The first kappa shape index (κ1) is 7.17. The third-order valence-electron chi connectivity index (χ3n) is 0.464. The fraction of sp³-hybridized carbons (Fsp3) is 0.400.